The number of rotatable bonds is 8. The molecule has 2 aromatic carbocycles. The fourth-order valence-electron chi connectivity index (χ4n) is 3.13. The largest absolute Gasteiger partial charge is 0.504 e. The highest BCUT2D eigenvalue weighted by atomic mass is 32.2. The van der Waals surface area contributed by atoms with E-state index in [0.29, 0.717) is 23.0 Å². The summed E-state index contributed by atoms with van der Waals surface area (Å²) in [5.41, 5.74) is 1.66. The summed E-state index contributed by atoms with van der Waals surface area (Å²) >= 11 is 1.84. The Labute approximate surface area is 175 Å². The first-order chi connectivity index (χ1) is 14.1. The third kappa shape index (κ3) is 4.74. The van der Waals surface area contributed by atoms with E-state index in [9.17, 15) is 10.2 Å². The predicted molar refractivity (Wildman–Crippen MR) is 115 cm³/mol. The zero-order valence-corrected chi connectivity index (χ0v) is 17.6. The van der Waals surface area contributed by atoms with Gasteiger partial charge in [-0.15, -0.1) is 0 Å². The summed E-state index contributed by atoms with van der Waals surface area (Å²) in [5, 5.41) is 19.7. The van der Waals surface area contributed by atoms with E-state index in [1.807, 2.05) is 30.0 Å². The van der Waals surface area contributed by atoms with Crippen LogP contribution in [0.4, 0.5) is 0 Å². The van der Waals surface area contributed by atoms with E-state index in [2.05, 4.69) is 13.0 Å². The minimum atomic E-state index is -0.631. The van der Waals surface area contributed by atoms with Crippen molar-refractivity contribution in [3.8, 4) is 28.7 Å². The molecule has 0 aliphatic carbocycles. The van der Waals surface area contributed by atoms with E-state index < -0.39 is 12.2 Å². The predicted octanol–water partition coefficient (Wildman–Crippen LogP) is 4.05. The molecule has 29 heavy (non-hydrogen) atoms. The molecule has 1 heterocycles. The number of phenols is 1. The van der Waals surface area contributed by atoms with Crippen molar-refractivity contribution in [3.63, 3.8) is 0 Å². The fourth-order valence-corrected chi connectivity index (χ4v) is 3.60. The molecule has 0 spiro atoms. The quantitative estimate of drug-likeness (QED) is 0.626. The Hall–Kier alpha value is -2.51. The zero-order valence-electron chi connectivity index (χ0n) is 16.8. The van der Waals surface area contributed by atoms with E-state index >= 15 is 0 Å². The summed E-state index contributed by atoms with van der Waals surface area (Å²) in [6.45, 7) is 1.88. The zero-order chi connectivity index (χ0) is 20.8. The molecule has 1 aliphatic heterocycles. The van der Waals surface area contributed by atoms with Crippen molar-refractivity contribution in [1.29, 1.82) is 0 Å². The molecular weight excluding hydrogens is 392 g/mol. The Morgan fingerprint density at radius 3 is 2.59 bits per heavy atom. The number of hydrogen-bond donors (Lipinski definition) is 2. The summed E-state index contributed by atoms with van der Waals surface area (Å²) in [6, 6.07) is 8.71. The van der Waals surface area contributed by atoms with Crippen LogP contribution in [0.2, 0.25) is 0 Å². The number of fused-ring (bicyclic) bond motifs is 1. The molecule has 6 nitrogen and oxygen atoms in total. The molecule has 0 fully saturated rings. The van der Waals surface area contributed by atoms with Crippen molar-refractivity contribution < 1.29 is 29.2 Å². The van der Waals surface area contributed by atoms with Crippen molar-refractivity contribution in [2.75, 3.05) is 32.3 Å². The Morgan fingerprint density at radius 2 is 1.90 bits per heavy atom. The van der Waals surface area contributed by atoms with Crippen LogP contribution in [0.5, 0.6) is 28.7 Å². The number of hydrogen-bond acceptors (Lipinski definition) is 7. The number of methoxy groups -OCH3 is 2. The second-order valence-electron chi connectivity index (χ2n) is 6.42. The molecule has 0 aromatic heterocycles. The van der Waals surface area contributed by atoms with Gasteiger partial charge in [0.2, 0.25) is 5.75 Å². The lowest BCUT2D eigenvalue weighted by atomic mass is 10.0. The van der Waals surface area contributed by atoms with E-state index in [1.54, 1.807) is 19.2 Å². The lowest BCUT2D eigenvalue weighted by Crippen LogP contribution is -2.36. The average Bonchev–Trinajstić information content (AvgIpc) is 2.75. The Balaban J connectivity index is 1.95. The van der Waals surface area contributed by atoms with E-state index in [0.717, 1.165) is 22.6 Å². The van der Waals surface area contributed by atoms with Crippen LogP contribution in [0, 0.1) is 0 Å². The molecule has 2 unspecified atom stereocenters. The summed E-state index contributed by atoms with van der Waals surface area (Å²) in [4.78, 5) is 0. The van der Waals surface area contributed by atoms with Gasteiger partial charge in [0, 0.05) is 11.3 Å². The first kappa shape index (κ1) is 21.2. The van der Waals surface area contributed by atoms with Crippen molar-refractivity contribution in [2.24, 2.45) is 0 Å². The Kier molecular flexibility index (Phi) is 7.17. The number of benzene rings is 2. The molecule has 7 heteroatoms. The van der Waals surface area contributed by atoms with Crippen molar-refractivity contribution in [2.45, 2.75) is 19.1 Å². The van der Waals surface area contributed by atoms with Gasteiger partial charge in [0.15, 0.2) is 35.2 Å². The maximum Gasteiger partial charge on any atom is 0.204 e. The lowest BCUT2D eigenvalue weighted by Gasteiger charge is -2.34. The van der Waals surface area contributed by atoms with E-state index in [1.165, 1.54) is 13.2 Å². The molecule has 0 amide bonds. The van der Waals surface area contributed by atoms with Crippen LogP contribution < -0.4 is 18.9 Å². The van der Waals surface area contributed by atoms with Crippen LogP contribution in [0.1, 0.15) is 24.2 Å². The van der Waals surface area contributed by atoms with Gasteiger partial charge in [0.05, 0.1) is 20.8 Å². The highest BCUT2D eigenvalue weighted by molar-refractivity contribution is 7.99. The highest BCUT2D eigenvalue weighted by Gasteiger charge is 2.35. The van der Waals surface area contributed by atoms with Crippen molar-refractivity contribution in [3.05, 3.63) is 47.5 Å². The summed E-state index contributed by atoms with van der Waals surface area (Å²) in [5.74, 6) is 3.91. The van der Waals surface area contributed by atoms with Crippen LogP contribution in [-0.4, -0.2) is 48.6 Å². The normalized spacial score (nSPS) is 18.1. The third-order valence-corrected chi connectivity index (χ3v) is 5.40. The molecule has 0 saturated heterocycles. The van der Waals surface area contributed by atoms with Gasteiger partial charge in [-0.05, 0) is 35.6 Å². The van der Waals surface area contributed by atoms with Gasteiger partial charge in [0.1, 0.15) is 0 Å². The average molecular weight is 419 g/mol. The van der Waals surface area contributed by atoms with Gasteiger partial charge in [-0.2, -0.15) is 11.8 Å². The molecule has 3 rings (SSSR count). The second-order valence-corrected chi connectivity index (χ2v) is 7.74. The monoisotopic (exact) mass is 418 g/mol. The molecule has 156 valence electrons. The molecule has 1 aliphatic rings. The van der Waals surface area contributed by atoms with Crippen LogP contribution in [0.15, 0.2) is 36.4 Å². The van der Waals surface area contributed by atoms with Gasteiger partial charge in [0.25, 0.3) is 0 Å². The number of aliphatic hydroxyl groups excluding tert-OH is 1. The number of phenolic OH excluding ortho intramolecular Hbond substituents is 1. The summed E-state index contributed by atoms with van der Waals surface area (Å²) in [7, 11) is 3.06. The lowest BCUT2D eigenvalue weighted by molar-refractivity contribution is -0.0141. The van der Waals surface area contributed by atoms with Gasteiger partial charge < -0.3 is 29.2 Å². The second kappa shape index (κ2) is 9.80. The SMILES string of the molecule is CCSC/C=C/c1cc(OC)c2c(c1)OC(c1ccc(O)c(OC)c1)C(CO)O2. The van der Waals surface area contributed by atoms with Crippen LogP contribution >= 0.6 is 11.8 Å². The van der Waals surface area contributed by atoms with E-state index in [4.69, 9.17) is 18.9 Å². The van der Waals surface area contributed by atoms with Crippen LogP contribution in [0.25, 0.3) is 6.08 Å². The first-order valence-corrected chi connectivity index (χ1v) is 10.5. The maximum absolute atomic E-state index is 9.87. The topological polar surface area (TPSA) is 77.4 Å². The molecule has 2 aromatic rings. The number of aromatic hydroxyl groups is 1. The van der Waals surface area contributed by atoms with Gasteiger partial charge in [-0.25, -0.2) is 0 Å². The smallest absolute Gasteiger partial charge is 0.204 e. The molecule has 2 N–H and O–H groups in total. The number of aliphatic hydroxyl groups is 1. The van der Waals surface area contributed by atoms with Gasteiger partial charge >= 0.3 is 0 Å². The number of thioether (sulfide) groups is 1. The molecule has 2 atom stereocenters. The van der Waals surface area contributed by atoms with E-state index in [-0.39, 0.29) is 12.4 Å². The summed E-state index contributed by atoms with van der Waals surface area (Å²) in [6.07, 6.45) is 2.92. The molecule has 0 saturated carbocycles. The number of ether oxygens (including phenoxy) is 4. The minimum Gasteiger partial charge on any atom is -0.504 e. The first-order valence-electron chi connectivity index (χ1n) is 9.38. The maximum atomic E-state index is 9.87. The fraction of sp³-hybridized carbons (Fsp3) is 0.364. The Morgan fingerprint density at radius 1 is 1.10 bits per heavy atom. The van der Waals surface area contributed by atoms with Crippen molar-refractivity contribution >= 4 is 17.8 Å². The molecule has 0 radical (unpaired) electrons. The van der Waals surface area contributed by atoms with Crippen LogP contribution in [0.3, 0.4) is 0 Å². The highest BCUT2D eigenvalue weighted by Crippen LogP contribution is 2.47. The van der Waals surface area contributed by atoms with Gasteiger partial charge in [-0.1, -0.05) is 25.1 Å². The third-order valence-electron chi connectivity index (χ3n) is 4.56. The minimum absolute atomic E-state index is 0.0352. The molecule has 0 bridgehead atoms. The van der Waals surface area contributed by atoms with Crippen molar-refractivity contribution in [1.82, 2.24) is 0 Å². The standard InChI is InChI=1S/C22H26O6S/c1-4-29-9-5-6-14-10-18(26-3)22-19(11-14)27-21(20(13-23)28-22)15-7-8-16(24)17(12-15)25-2/h5-8,10-12,20-21,23-24H,4,9,13H2,1-3H3/b6-5+. The Bertz CT molecular complexity index is 867. The van der Waals surface area contributed by atoms with Crippen LogP contribution in [-0.2, 0) is 0 Å². The summed E-state index contributed by atoms with van der Waals surface area (Å²) < 4.78 is 23.0. The molecular formula is C22H26O6S. The van der Waals surface area contributed by atoms with Gasteiger partial charge in [-0.3, -0.25) is 0 Å².